The van der Waals surface area contributed by atoms with Crippen molar-refractivity contribution in [1.29, 1.82) is 0 Å². The molecule has 0 unspecified atom stereocenters. The average Bonchev–Trinajstić information content (AvgIpc) is 2.88. The number of amides is 2. The van der Waals surface area contributed by atoms with E-state index in [1.807, 2.05) is 0 Å². The first kappa shape index (κ1) is 18.3. The summed E-state index contributed by atoms with van der Waals surface area (Å²) in [6.45, 7) is 0.00802. The maximum atomic E-state index is 13.0. The van der Waals surface area contributed by atoms with E-state index < -0.39 is 5.91 Å². The molecule has 0 spiro atoms. The van der Waals surface area contributed by atoms with Gasteiger partial charge in [-0.2, -0.15) is 0 Å². The van der Waals surface area contributed by atoms with E-state index >= 15 is 0 Å². The summed E-state index contributed by atoms with van der Waals surface area (Å²) in [5, 5.41) is 3.03. The quantitative estimate of drug-likeness (QED) is 0.754. The number of hydrogen-bond donors (Lipinski definition) is 1. The monoisotopic (exact) mass is 392 g/mol. The van der Waals surface area contributed by atoms with Gasteiger partial charge in [-0.1, -0.05) is 23.7 Å². The third-order valence-corrected chi connectivity index (χ3v) is 4.84. The Labute approximate surface area is 158 Å². The fourth-order valence-electron chi connectivity index (χ4n) is 2.29. The zero-order valence-corrected chi connectivity index (χ0v) is 15.2. The van der Waals surface area contributed by atoms with Crippen LogP contribution >= 0.6 is 23.4 Å². The number of benzene rings is 2. The summed E-state index contributed by atoms with van der Waals surface area (Å²) in [4.78, 5) is 25.9. The Kier molecular flexibility index (Phi) is 5.49. The second kappa shape index (κ2) is 7.80. The maximum Gasteiger partial charge on any atom is 0.295 e. The van der Waals surface area contributed by atoms with Crippen LogP contribution in [0.1, 0.15) is 5.56 Å². The fraction of sp³-hybridized carbons (Fsp3) is 0.111. The lowest BCUT2D eigenvalue weighted by atomic mass is 10.2. The number of ether oxygens (including phenoxy) is 1. The summed E-state index contributed by atoms with van der Waals surface area (Å²) in [6, 6.07) is 10.7. The van der Waals surface area contributed by atoms with Gasteiger partial charge in [0, 0.05) is 5.69 Å². The summed E-state index contributed by atoms with van der Waals surface area (Å²) in [6.07, 6.45) is 1.56. The zero-order chi connectivity index (χ0) is 18.7. The van der Waals surface area contributed by atoms with Crippen molar-refractivity contribution < 1.29 is 18.7 Å². The zero-order valence-electron chi connectivity index (χ0n) is 13.7. The van der Waals surface area contributed by atoms with Gasteiger partial charge < -0.3 is 10.1 Å². The van der Waals surface area contributed by atoms with E-state index in [-0.39, 0.29) is 22.6 Å². The van der Waals surface area contributed by atoms with Gasteiger partial charge in [-0.15, -0.1) is 0 Å². The van der Waals surface area contributed by atoms with Crippen molar-refractivity contribution in [3.8, 4) is 5.75 Å². The van der Waals surface area contributed by atoms with E-state index in [9.17, 15) is 14.0 Å². The number of rotatable bonds is 5. The molecule has 1 aliphatic heterocycles. The summed E-state index contributed by atoms with van der Waals surface area (Å²) in [5.74, 6) is -0.236. The van der Waals surface area contributed by atoms with Crippen LogP contribution in [0.5, 0.6) is 5.75 Å². The largest absolute Gasteiger partial charge is 0.495 e. The Morgan fingerprint density at radius 2 is 1.96 bits per heavy atom. The van der Waals surface area contributed by atoms with Crippen LogP contribution < -0.4 is 10.1 Å². The van der Waals surface area contributed by atoms with Crippen molar-refractivity contribution in [2.24, 2.45) is 0 Å². The molecule has 1 fully saturated rings. The Morgan fingerprint density at radius 1 is 1.23 bits per heavy atom. The molecule has 8 heteroatoms. The van der Waals surface area contributed by atoms with Crippen molar-refractivity contribution in [3.05, 3.63) is 63.8 Å². The van der Waals surface area contributed by atoms with Crippen molar-refractivity contribution in [1.82, 2.24) is 4.90 Å². The van der Waals surface area contributed by atoms with Crippen LogP contribution in [0.3, 0.4) is 0 Å². The number of carbonyl (C=O) groups is 2. The van der Waals surface area contributed by atoms with Gasteiger partial charge in [0.15, 0.2) is 0 Å². The molecule has 0 atom stereocenters. The molecular formula is C18H14ClFN2O3S. The molecule has 0 saturated carbocycles. The third-order valence-electron chi connectivity index (χ3n) is 3.63. The van der Waals surface area contributed by atoms with Gasteiger partial charge >= 0.3 is 0 Å². The van der Waals surface area contributed by atoms with Crippen LogP contribution in [0.2, 0.25) is 5.02 Å². The molecule has 0 radical (unpaired) electrons. The van der Waals surface area contributed by atoms with Gasteiger partial charge in [0.05, 0.1) is 23.7 Å². The number of hydrogen-bond acceptors (Lipinski definition) is 5. The van der Waals surface area contributed by atoms with E-state index in [0.717, 1.165) is 16.7 Å². The minimum atomic E-state index is -0.406. The van der Waals surface area contributed by atoms with E-state index in [2.05, 4.69) is 5.32 Å². The summed E-state index contributed by atoms with van der Waals surface area (Å²) in [5.41, 5.74) is 1.30. The summed E-state index contributed by atoms with van der Waals surface area (Å²) >= 11 is 6.90. The maximum absolute atomic E-state index is 13.0. The molecule has 0 bridgehead atoms. The van der Waals surface area contributed by atoms with E-state index in [0.29, 0.717) is 22.0 Å². The van der Waals surface area contributed by atoms with Crippen molar-refractivity contribution in [2.45, 2.75) is 0 Å². The molecule has 1 saturated heterocycles. The highest BCUT2D eigenvalue weighted by atomic mass is 35.5. The van der Waals surface area contributed by atoms with Crippen molar-refractivity contribution in [3.63, 3.8) is 0 Å². The standard InChI is InChI=1S/C18H14ClFN2O3S/c1-25-15-7-6-13(9-14(15)19)21-10-22-17(23)16(26-18(22)24)8-11-2-4-12(20)5-3-11/h2-9,21H,10H2,1H3. The predicted octanol–water partition coefficient (Wildman–Crippen LogP) is 4.59. The summed E-state index contributed by atoms with van der Waals surface area (Å²) < 4.78 is 18.0. The molecule has 0 aromatic heterocycles. The first-order chi connectivity index (χ1) is 12.5. The highest BCUT2D eigenvalue weighted by Gasteiger charge is 2.34. The molecule has 2 aromatic rings. The number of thioether (sulfide) groups is 1. The van der Waals surface area contributed by atoms with Crippen molar-refractivity contribution >= 4 is 46.3 Å². The Hall–Kier alpha value is -2.51. The lowest BCUT2D eigenvalue weighted by Gasteiger charge is -2.15. The minimum Gasteiger partial charge on any atom is -0.495 e. The van der Waals surface area contributed by atoms with Crippen LogP contribution in [0.15, 0.2) is 47.4 Å². The Balaban J connectivity index is 1.69. The van der Waals surface area contributed by atoms with Crippen LogP contribution in [0.4, 0.5) is 14.9 Å². The molecule has 1 heterocycles. The second-order valence-corrected chi connectivity index (χ2v) is 6.75. The third kappa shape index (κ3) is 4.00. The highest BCUT2D eigenvalue weighted by Crippen LogP contribution is 2.32. The molecule has 134 valence electrons. The van der Waals surface area contributed by atoms with Crippen LogP contribution in [0, 0.1) is 5.82 Å². The topological polar surface area (TPSA) is 58.6 Å². The first-order valence-electron chi connectivity index (χ1n) is 7.56. The van der Waals surface area contributed by atoms with Gasteiger partial charge in [0.25, 0.3) is 11.1 Å². The van der Waals surface area contributed by atoms with Gasteiger partial charge in [-0.3, -0.25) is 14.5 Å². The molecule has 26 heavy (non-hydrogen) atoms. The number of nitrogens with zero attached hydrogens (tertiary/aromatic N) is 1. The van der Waals surface area contributed by atoms with Crippen molar-refractivity contribution in [2.75, 3.05) is 19.1 Å². The number of imide groups is 1. The normalized spacial score (nSPS) is 15.7. The molecule has 1 N–H and O–H groups in total. The molecular weight excluding hydrogens is 379 g/mol. The lowest BCUT2D eigenvalue weighted by molar-refractivity contribution is -0.122. The smallest absolute Gasteiger partial charge is 0.295 e. The molecule has 3 rings (SSSR count). The molecule has 2 amide bonds. The number of anilines is 1. The average molecular weight is 393 g/mol. The summed E-state index contributed by atoms with van der Waals surface area (Å²) in [7, 11) is 1.52. The van der Waals surface area contributed by atoms with E-state index in [4.69, 9.17) is 16.3 Å². The number of halogens is 2. The van der Waals surface area contributed by atoms with Crippen LogP contribution in [-0.2, 0) is 4.79 Å². The molecule has 0 aliphatic carbocycles. The number of carbonyl (C=O) groups excluding carboxylic acids is 2. The predicted molar refractivity (Wildman–Crippen MR) is 101 cm³/mol. The lowest BCUT2D eigenvalue weighted by Crippen LogP contribution is -2.33. The Morgan fingerprint density at radius 3 is 2.62 bits per heavy atom. The first-order valence-corrected chi connectivity index (χ1v) is 8.76. The van der Waals surface area contributed by atoms with E-state index in [1.54, 1.807) is 36.4 Å². The minimum absolute atomic E-state index is 0.00802. The van der Waals surface area contributed by atoms with Gasteiger partial charge in [-0.25, -0.2) is 4.39 Å². The number of methoxy groups -OCH3 is 1. The van der Waals surface area contributed by atoms with Gasteiger partial charge in [-0.05, 0) is 53.7 Å². The molecule has 5 nitrogen and oxygen atoms in total. The SMILES string of the molecule is COc1ccc(NCN2C(=O)SC(=Cc3ccc(F)cc3)C2=O)cc1Cl. The highest BCUT2D eigenvalue weighted by molar-refractivity contribution is 8.18. The molecule has 1 aliphatic rings. The van der Waals surface area contributed by atoms with Gasteiger partial charge in [0.2, 0.25) is 0 Å². The van der Waals surface area contributed by atoms with Crippen LogP contribution in [0.25, 0.3) is 6.08 Å². The number of nitrogens with one attached hydrogen (secondary N) is 1. The van der Waals surface area contributed by atoms with Crippen LogP contribution in [-0.4, -0.2) is 29.8 Å². The van der Waals surface area contributed by atoms with E-state index in [1.165, 1.54) is 19.2 Å². The molecule has 2 aromatic carbocycles. The Bertz CT molecular complexity index is 887. The fourth-order valence-corrected chi connectivity index (χ4v) is 3.39. The van der Waals surface area contributed by atoms with Gasteiger partial charge in [0.1, 0.15) is 11.6 Å². The second-order valence-electron chi connectivity index (χ2n) is 5.35.